The van der Waals surface area contributed by atoms with Gasteiger partial charge in [-0.2, -0.15) is 0 Å². The maximum absolute atomic E-state index is 6.18. The first-order valence-corrected chi connectivity index (χ1v) is 13.1. The van der Waals surface area contributed by atoms with Gasteiger partial charge in [-0.3, -0.25) is 0 Å². The van der Waals surface area contributed by atoms with Crippen molar-refractivity contribution < 1.29 is 4.74 Å². The maximum atomic E-state index is 6.18. The molecule has 2 nitrogen and oxygen atoms in total. The van der Waals surface area contributed by atoms with Crippen LogP contribution in [0.15, 0.2) is 42.5 Å². The van der Waals surface area contributed by atoms with Crippen LogP contribution in [-0.2, 0) is 11.3 Å². The number of piperidine rings is 2. The van der Waals surface area contributed by atoms with E-state index in [4.69, 9.17) is 4.74 Å². The summed E-state index contributed by atoms with van der Waals surface area (Å²) in [5.74, 6) is 2.49. The summed E-state index contributed by atoms with van der Waals surface area (Å²) in [6.45, 7) is 11.1. The molecule has 6 fully saturated rings. The van der Waals surface area contributed by atoms with Gasteiger partial charge in [-0.15, -0.1) is 0 Å². The number of hydrogen-bond acceptors (Lipinski definition) is 2. The van der Waals surface area contributed by atoms with Crippen LogP contribution in [0.4, 0.5) is 0 Å². The Morgan fingerprint density at radius 2 is 1.94 bits per heavy atom. The van der Waals surface area contributed by atoms with Crippen LogP contribution in [0.3, 0.4) is 0 Å². The summed E-state index contributed by atoms with van der Waals surface area (Å²) in [6.07, 6.45) is 12.7. The van der Waals surface area contributed by atoms with E-state index in [-0.39, 0.29) is 0 Å². The molecule has 6 aliphatic rings. The van der Waals surface area contributed by atoms with E-state index in [0.29, 0.717) is 28.2 Å². The molecule has 0 radical (unpaired) electrons. The molecule has 168 valence electrons. The Bertz CT molecular complexity index is 850. The van der Waals surface area contributed by atoms with Gasteiger partial charge in [0.2, 0.25) is 0 Å². The highest BCUT2D eigenvalue weighted by molar-refractivity contribution is 5.32. The zero-order valence-electron chi connectivity index (χ0n) is 19.7. The van der Waals surface area contributed by atoms with Crippen molar-refractivity contribution in [3.05, 3.63) is 48.0 Å². The second kappa shape index (κ2) is 7.19. The van der Waals surface area contributed by atoms with Crippen LogP contribution in [0.1, 0.15) is 77.2 Å². The molecular weight excluding hydrogens is 378 g/mol. The van der Waals surface area contributed by atoms with Gasteiger partial charge >= 0.3 is 0 Å². The second-order valence-corrected chi connectivity index (χ2v) is 12.0. The van der Waals surface area contributed by atoms with E-state index in [1.54, 1.807) is 0 Å². The van der Waals surface area contributed by atoms with Gasteiger partial charge in [0.05, 0.1) is 6.61 Å². The van der Waals surface area contributed by atoms with E-state index in [1.807, 2.05) is 0 Å². The number of benzene rings is 1. The summed E-state index contributed by atoms with van der Waals surface area (Å²) in [7, 11) is 0. The lowest BCUT2D eigenvalue weighted by Gasteiger charge is -2.75. The van der Waals surface area contributed by atoms with Gasteiger partial charge in [0.1, 0.15) is 0 Å². The van der Waals surface area contributed by atoms with Crippen LogP contribution in [-0.4, -0.2) is 18.7 Å². The van der Waals surface area contributed by atoms with E-state index in [2.05, 4.69) is 56.1 Å². The number of hydrogen-bond donors (Lipinski definition) is 1. The Morgan fingerprint density at radius 3 is 2.74 bits per heavy atom. The van der Waals surface area contributed by atoms with Crippen LogP contribution >= 0.6 is 0 Å². The minimum atomic E-state index is 0.442. The van der Waals surface area contributed by atoms with Crippen molar-refractivity contribution in [2.75, 3.05) is 6.61 Å². The molecule has 1 aromatic rings. The third-order valence-electron chi connectivity index (χ3n) is 11.2. The second-order valence-electron chi connectivity index (χ2n) is 12.0. The third-order valence-corrected chi connectivity index (χ3v) is 11.2. The van der Waals surface area contributed by atoms with Crippen molar-refractivity contribution in [3.8, 4) is 0 Å². The lowest BCUT2D eigenvalue weighted by Crippen LogP contribution is -2.80. The van der Waals surface area contributed by atoms with Crippen LogP contribution in [0.25, 0.3) is 0 Å². The molecule has 0 aromatic heterocycles. The van der Waals surface area contributed by atoms with Crippen molar-refractivity contribution in [2.24, 2.45) is 34.0 Å². The van der Waals surface area contributed by atoms with Gasteiger partial charge in [-0.25, -0.2) is 0 Å². The Hall–Kier alpha value is -1.12. The Labute approximate surface area is 189 Å². The summed E-state index contributed by atoms with van der Waals surface area (Å²) >= 11 is 0. The summed E-state index contributed by atoms with van der Waals surface area (Å²) < 4.78 is 6.18. The quantitative estimate of drug-likeness (QED) is 0.402. The molecule has 31 heavy (non-hydrogen) atoms. The number of rotatable bonds is 7. The topological polar surface area (TPSA) is 21.3 Å². The summed E-state index contributed by atoms with van der Waals surface area (Å²) in [5.41, 5.74) is 4.28. The molecule has 4 aliphatic carbocycles. The smallest absolute Gasteiger partial charge is 0.0716 e. The van der Waals surface area contributed by atoms with Crippen molar-refractivity contribution in [1.82, 2.24) is 5.32 Å². The fourth-order valence-electron chi connectivity index (χ4n) is 10.2. The molecule has 4 saturated carbocycles. The van der Waals surface area contributed by atoms with Gasteiger partial charge in [0, 0.05) is 18.7 Å². The van der Waals surface area contributed by atoms with E-state index in [1.165, 1.54) is 68.9 Å². The molecule has 1 N–H and O–H groups in total. The van der Waals surface area contributed by atoms with Crippen molar-refractivity contribution in [2.45, 2.75) is 90.3 Å². The van der Waals surface area contributed by atoms with Crippen LogP contribution in [0, 0.1) is 34.0 Å². The number of nitrogens with one attached hydrogen (secondary N) is 1. The van der Waals surface area contributed by atoms with Gasteiger partial charge in [-0.1, -0.05) is 55.8 Å². The molecule has 1 spiro atoms. The van der Waals surface area contributed by atoms with E-state index >= 15 is 0 Å². The fraction of sp³-hybridized carbons (Fsp3) is 0.724. The summed E-state index contributed by atoms with van der Waals surface area (Å²) in [4.78, 5) is 0. The Morgan fingerprint density at radius 1 is 1.10 bits per heavy atom. The average molecular weight is 420 g/mol. The predicted molar refractivity (Wildman–Crippen MR) is 127 cm³/mol. The first kappa shape index (κ1) is 20.5. The van der Waals surface area contributed by atoms with E-state index in [9.17, 15) is 0 Å². The van der Waals surface area contributed by atoms with Crippen molar-refractivity contribution >= 4 is 0 Å². The molecule has 7 rings (SSSR count). The molecular formula is C29H41NO. The standard InChI is InChI=1S/C29H41NO/c1-20(2)22-12-16-27(3)23-13-17-28-14-7-11-24(28)29(27,25(22)30-26(23)28)15-8-18-31-19-21-9-5-4-6-10-21/h4-6,9-10,22-26,30H,1,7-8,11-19H2,2-3H3/t22?,23?,24-,25?,26?,27?,28-,29?/m1/s1. The lowest BCUT2D eigenvalue weighted by molar-refractivity contribution is -0.240. The van der Waals surface area contributed by atoms with Crippen LogP contribution in [0.2, 0.25) is 0 Å². The van der Waals surface area contributed by atoms with Gasteiger partial charge in [-0.05, 0) is 97.9 Å². The minimum absolute atomic E-state index is 0.442. The Kier molecular flexibility index (Phi) is 4.75. The van der Waals surface area contributed by atoms with Crippen molar-refractivity contribution in [3.63, 3.8) is 0 Å². The van der Waals surface area contributed by atoms with Gasteiger partial charge < -0.3 is 10.1 Å². The highest BCUT2D eigenvalue weighted by Crippen LogP contribution is 2.80. The minimum Gasteiger partial charge on any atom is -0.377 e. The summed E-state index contributed by atoms with van der Waals surface area (Å²) in [5, 5.41) is 4.37. The number of ether oxygens (including phenoxy) is 1. The summed E-state index contributed by atoms with van der Waals surface area (Å²) in [6, 6.07) is 12.1. The zero-order valence-corrected chi connectivity index (χ0v) is 19.7. The predicted octanol–water partition coefficient (Wildman–Crippen LogP) is 6.51. The largest absolute Gasteiger partial charge is 0.377 e. The first-order valence-electron chi connectivity index (χ1n) is 13.1. The van der Waals surface area contributed by atoms with Gasteiger partial charge in [0.25, 0.3) is 0 Å². The average Bonchev–Trinajstić information content (AvgIpc) is 3.35. The highest BCUT2D eigenvalue weighted by Gasteiger charge is 2.79. The molecule has 6 unspecified atom stereocenters. The molecule has 1 aromatic carbocycles. The molecule has 2 heteroatoms. The SMILES string of the molecule is C=C(C)C1CCC2(C)C3CC[C@]45CCC[C@H]4C2(CCCOCc2ccccc2)C1NC35. The van der Waals surface area contributed by atoms with Crippen molar-refractivity contribution in [1.29, 1.82) is 0 Å². The molecule has 2 saturated heterocycles. The monoisotopic (exact) mass is 419 g/mol. The highest BCUT2D eigenvalue weighted by atomic mass is 16.5. The Balaban J connectivity index is 1.28. The lowest BCUT2D eigenvalue weighted by atomic mass is 9.34. The maximum Gasteiger partial charge on any atom is 0.0716 e. The molecule has 0 amide bonds. The van der Waals surface area contributed by atoms with Gasteiger partial charge in [0.15, 0.2) is 0 Å². The molecule has 2 aliphatic heterocycles. The fourth-order valence-corrected chi connectivity index (χ4v) is 10.2. The molecule has 2 heterocycles. The molecule has 8 atom stereocenters. The van der Waals surface area contributed by atoms with Crippen LogP contribution < -0.4 is 5.32 Å². The third kappa shape index (κ3) is 2.58. The normalized spacial score (nSPS) is 46.8. The zero-order chi connectivity index (χ0) is 21.3. The van der Waals surface area contributed by atoms with Crippen LogP contribution in [0.5, 0.6) is 0 Å². The van der Waals surface area contributed by atoms with E-state index in [0.717, 1.165) is 31.1 Å². The molecule has 6 bridgehead atoms. The first-order chi connectivity index (χ1) is 15.0. The van der Waals surface area contributed by atoms with E-state index < -0.39 is 0 Å².